The molecule has 3 aromatic rings. The zero-order chi connectivity index (χ0) is 21.3. The minimum absolute atomic E-state index is 0.124. The third-order valence-corrected chi connectivity index (χ3v) is 4.68. The highest BCUT2D eigenvalue weighted by molar-refractivity contribution is 6.08. The summed E-state index contributed by atoms with van der Waals surface area (Å²) in [6.07, 6.45) is 2.67. The van der Waals surface area contributed by atoms with E-state index in [-0.39, 0.29) is 22.6 Å². The highest BCUT2D eigenvalue weighted by Crippen LogP contribution is 2.33. The molecule has 0 unspecified atom stereocenters. The van der Waals surface area contributed by atoms with Gasteiger partial charge < -0.3 is 20.5 Å². The number of benzene rings is 2. The third kappa shape index (κ3) is 3.48. The van der Waals surface area contributed by atoms with Crippen molar-refractivity contribution in [1.82, 2.24) is 9.78 Å². The van der Waals surface area contributed by atoms with E-state index in [9.17, 15) is 19.1 Å². The van der Waals surface area contributed by atoms with Gasteiger partial charge in [-0.1, -0.05) is 18.2 Å². The van der Waals surface area contributed by atoms with Crippen molar-refractivity contribution < 1.29 is 23.8 Å². The molecule has 1 atom stereocenters. The molecule has 1 aliphatic rings. The SMILES string of the molecule is COc1ccc(NC(=O)c2cnn3c2NC(C(=O)O)=C[C@H]3c2ccccc2F)cc1. The normalized spacial score (nSPS) is 14.9. The van der Waals surface area contributed by atoms with Crippen LogP contribution in [-0.4, -0.2) is 33.9 Å². The van der Waals surface area contributed by atoms with Crippen molar-refractivity contribution in [2.24, 2.45) is 0 Å². The molecule has 0 fully saturated rings. The predicted octanol–water partition coefficient (Wildman–Crippen LogP) is 3.27. The van der Waals surface area contributed by atoms with Gasteiger partial charge >= 0.3 is 5.97 Å². The molecule has 2 heterocycles. The first-order chi connectivity index (χ1) is 14.5. The first-order valence-electron chi connectivity index (χ1n) is 8.97. The summed E-state index contributed by atoms with van der Waals surface area (Å²) >= 11 is 0. The average Bonchev–Trinajstić information content (AvgIpc) is 3.18. The van der Waals surface area contributed by atoms with Crippen LogP contribution in [0.5, 0.6) is 5.75 Å². The topological polar surface area (TPSA) is 105 Å². The zero-order valence-electron chi connectivity index (χ0n) is 15.8. The van der Waals surface area contributed by atoms with E-state index in [4.69, 9.17) is 4.74 Å². The number of hydrogen-bond donors (Lipinski definition) is 3. The zero-order valence-corrected chi connectivity index (χ0v) is 15.8. The maximum absolute atomic E-state index is 14.4. The number of nitrogens with one attached hydrogen (secondary N) is 2. The lowest BCUT2D eigenvalue weighted by Crippen LogP contribution is -2.26. The molecule has 1 amide bonds. The molecule has 1 aliphatic heterocycles. The standard InChI is InChI=1S/C21H17FN4O4/c1-30-13-8-6-12(7-9-13)24-20(27)15-11-23-26-18(14-4-2-3-5-16(14)22)10-17(21(28)29)25-19(15)26/h2-11,18,25H,1H3,(H,24,27)(H,28,29)/t18-/m0/s1. The molecule has 30 heavy (non-hydrogen) atoms. The summed E-state index contributed by atoms with van der Waals surface area (Å²) in [4.78, 5) is 24.4. The Balaban J connectivity index is 1.70. The number of nitrogens with zero attached hydrogens (tertiary/aromatic N) is 2. The quantitative estimate of drug-likeness (QED) is 0.598. The van der Waals surface area contributed by atoms with Gasteiger partial charge in [-0.15, -0.1) is 0 Å². The fourth-order valence-electron chi connectivity index (χ4n) is 3.20. The number of carbonyl (C=O) groups is 2. The fourth-order valence-corrected chi connectivity index (χ4v) is 3.20. The number of aromatic nitrogens is 2. The molecule has 4 rings (SSSR count). The van der Waals surface area contributed by atoms with Crippen LogP contribution in [0.4, 0.5) is 15.9 Å². The minimum atomic E-state index is -1.23. The Labute approximate surface area is 170 Å². The number of halogens is 1. The molecule has 152 valence electrons. The Morgan fingerprint density at radius 1 is 1.20 bits per heavy atom. The van der Waals surface area contributed by atoms with Gasteiger partial charge in [-0.3, -0.25) is 4.79 Å². The molecule has 3 N–H and O–H groups in total. The van der Waals surface area contributed by atoms with E-state index in [1.807, 2.05) is 0 Å². The van der Waals surface area contributed by atoms with Gasteiger partial charge in [-0.2, -0.15) is 5.10 Å². The molecule has 0 saturated carbocycles. The summed E-state index contributed by atoms with van der Waals surface area (Å²) in [6, 6.07) is 11.9. The van der Waals surface area contributed by atoms with E-state index >= 15 is 0 Å². The average molecular weight is 408 g/mol. The number of ether oxygens (including phenoxy) is 1. The smallest absolute Gasteiger partial charge is 0.352 e. The number of carbonyl (C=O) groups excluding carboxylic acids is 1. The van der Waals surface area contributed by atoms with Gasteiger partial charge in [0.25, 0.3) is 5.91 Å². The van der Waals surface area contributed by atoms with Gasteiger partial charge in [0, 0.05) is 11.3 Å². The maximum atomic E-state index is 14.4. The summed E-state index contributed by atoms with van der Waals surface area (Å²) in [7, 11) is 1.54. The first kappa shape index (κ1) is 19.2. The summed E-state index contributed by atoms with van der Waals surface area (Å²) in [5, 5.41) is 19.1. The summed E-state index contributed by atoms with van der Waals surface area (Å²) in [5.74, 6) is -1.43. The van der Waals surface area contributed by atoms with Gasteiger partial charge in [0.15, 0.2) is 0 Å². The van der Waals surface area contributed by atoms with Crippen molar-refractivity contribution in [2.75, 3.05) is 17.7 Å². The van der Waals surface area contributed by atoms with Gasteiger partial charge in [0.1, 0.15) is 34.7 Å². The number of carboxylic acid groups (broad SMARTS) is 1. The fraction of sp³-hybridized carbons (Fsp3) is 0.0952. The van der Waals surface area contributed by atoms with Crippen LogP contribution in [0.3, 0.4) is 0 Å². The van der Waals surface area contributed by atoms with E-state index in [1.165, 1.54) is 30.1 Å². The molecule has 0 aliphatic carbocycles. The molecule has 0 saturated heterocycles. The molecule has 2 aromatic carbocycles. The van der Waals surface area contributed by atoms with E-state index in [1.54, 1.807) is 42.5 Å². The Morgan fingerprint density at radius 3 is 2.60 bits per heavy atom. The molecule has 0 bridgehead atoms. The van der Waals surface area contributed by atoms with Crippen LogP contribution < -0.4 is 15.4 Å². The number of anilines is 2. The number of aliphatic carboxylic acids is 1. The van der Waals surface area contributed by atoms with Crippen molar-refractivity contribution in [1.29, 1.82) is 0 Å². The first-order valence-corrected chi connectivity index (χ1v) is 8.97. The molecule has 1 aromatic heterocycles. The molecular weight excluding hydrogens is 391 g/mol. The molecular formula is C21H17FN4O4. The minimum Gasteiger partial charge on any atom is -0.497 e. The summed E-state index contributed by atoms with van der Waals surface area (Å²) in [5.41, 5.74) is 0.717. The lowest BCUT2D eigenvalue weighted by atomic mass is 10.0. The number of carboxylic acids is 1. The Bertz CT molecular complexity index is 1150. The second-order valence-electron chi connectivity index (χ2n) is 6.51. The maximum Gasteiger partial charge on any atom is 0.352 e. The largest absolute Gasteiger partial charge is 0.497 e. The predicted molar refractivity (Wildman–Crippen MR) is 107 cm³/mol. The lowest BCUT2D eigenvalue weighted by Gasteiger charge is -2.24. The van der Waals surface area contributed by atoms with Crippen LogP contribution in [0.2, 0.25) is 0 Å². The van der Waals surface area contributed by atoms with E-state index in [0.29, 0.717) is 11.4 Å². The summed E-state index contributed by atoms with van der Waals surface area (Å²) in [6.45, 7) is 0. The van der Waals surface area contributed by atoms with Gasteiger partial charge in [0.05, 0.1) is 13.3 Å². The lowest BCUT2D eigenvalue weighted by molar-refractivity contribution is -0.132. The van der Waals surface area contributed by atoms with Crippen molar-refractivity contribution >= 4 is 23.4 Å². The Morgan fingerprint density at radius 2 is 1.93 bits per heavy atom. The molecule has 0 radical (unpaired) electrons. The van der Waals surface area contributed by atoms with Crippen LogP contribution >= 0.6 is 0 Å². The van der Waals surface area contributed by atoms with E-state index in [2.05, 4.69) is 15.7 Å². The number of methoxy groups -OCH3 is 1. The van der Waals surface area contributed by atoms with Gasteiger partial charge in [-0.25, -0.2) is 13.9 Å². The van der Waals surface area contributed by atoms with E-state index < -0.39 is 23.7 Å². The van der Waals surface area contributed by atoms with Crippen LogP contribution in [0.15, 0.2) is 66.5 Å². The van der Waals surface area contributed by atoms with Crippen LogP contribution in [-0.2, 0) is 4.79 Å². The highest BCUT2D eigenvalue weighted by atomic mass is 19.1. The Hall–Kier alpha value is -4.14. The number of amides is 1. The number of fused-ring (bicyclic) bond motifs is 1. The van der Waals surface area contributed by atoms with Crippen molar-refractivity contribution in [3.05, 3.63) is 83.4 Å². The van der Waals surface area contributed by atoms with E-state index in [0.717, 1.165) is 0 Å². The second kappa shape index (κ2) is 7.70. The van der Waals surface area contributed by atoms with Crippen LogP contribution in [0.1, 0.15) is 22.0 Å². The van der Waals surface area contributed by atoms with Crippen molar-refractivity contribution in [3.63, 3.8) is 0 Å². The number of allylic oxidation sites excluding steroid dienone is 1. The Kier molecular flexibility index (Phi) is 4.93. The number of hydrogen-bond acceptors (Lipinski definition) is 5. The van der Waals surface area contributed by atoms with Gasteiger partial charge in [-0.05, 0) is 36.4 Å². The van der Waals surface area contributed by atoms with Crippen LogP contribution in [0.25, 0.3) is 0 Å². The molecule has 8 nitrogen and oxygen atoms in total. The second-order valence-corrected chi connectivity index (χ2v) is 6.51. The van der Waals surface area contributed by atoms with Gasteiger partial charge in [0.2, 0.25) is 0 Å². The number of rotatable bonds is 5. The van der Waals surface area contributed by atoms with Crippen molar-refractivity contribution in [3.8, 4) is 5.75 Å². The van der Waals surface area contributed by atoms with Crippen LogP contribution in [0, 0.1) is 5.82 Å². The summed E-state index contributed by atoms with van der Waals surface area (Å²) < 4.78 is 20.9. The molecule has 9 heteroatoms. The monoisotopic (exact) mass is 408 g/mol. The molecule has 0 spiro atoms. The highest BCUT2D eigenvalue weighted by Gasteiger charge is 2.30. The van der Waals surface area contributed by atoms with Crippen molar-refractivity contribution in [2.45, 2.75) is 6.04 Å². The third-order valence-electron chi connectivity index (χ3n) is 4.68.